The topological polar surface area (TPSA) is 109 Å². The normalized spacial score (nSPS) is 11.7. The Bertz CT molecular complexity index is 846. The maximum atomic E-state index is 13.6. The molecular weight excluding hydrogens is 353 g/mol. The minimum absolute atomic E-state index is 0.0175. The number of halogens is 3. The lowest BCUT2D eigenvalue weighted by Gasteiger charge is -2.16. The fourth-order valence-electron chi connectivity index (χ4n) is 2.23. The molecule has 2 aromatic carbocycles. The van der Waals surface area contributed by atoms with E-state index in [1.54, 1.807) is 0 Å². The van der Waals surface area contributed by atoms with Crippen LogP contribution < -0.4 is 11.1 Å². The Labute approximate surface area is 145 Å². The highest BCUT2D eigenvalue weighted by Gasteiger charge is 2.24. The van der Waals surface area contributed by atoms with Crippen molar-refractivity contribution in [1.82, 2.24) is 5.32 Å². The molecule has 2 rings (SSSR count). The third-order valence-electron chi connectivity index (χ3n) is 3.52. The third kappa shape index (κ3) is 4.38. The molecule has 0 aliphatic rings. The van der Waals surface area contributed by atoms with Crippen molar-refractivity contribution < 1.29 is 32.7 Å². The molecule has 0 radical (unpaired) electrons. The van der Waals surface area contributed by atoms with Gasteiger partial charge in [-0.15, -0.1) is 0 Å². The summed E-state index contributed by atoms with van der Waals surface area (Å²) < 4.78 is 40.2. The first-order valence-corrected chi connectivity index (χ1v) is 7.26. The lowest BCUT2D eigenvalue weighted by molar-refractivity contribution is -0.119. The van der Waals surface area contributed by atoms with Gasteiger partial charge < -0.3 is 16.2 Å². The number of benzene rings is 2. The second-order valence-electron chi connectivity index (χ2n) is 5.38. The number of hydrogen-bond donors (Lipinski definition) is 3. The minimum atomic E-state index is -1.42. The van der Waals surface area contributed by atoms with Crippen molar-refractivity contribution >= 4 is 17.8 Å². The van der Waals surface area contributed by atoms with Gasteiger partial charge in [0.2, 0.25) is 5.91 Å². The molecule has 2 aromatic rings. The van der Waals surface area contributed by atoms with Gasteiger partial charge in [0, 0.05) is 18.6 Å². The number of hydrogen-bond acceptors (Lipinski definition) is 3. The van der Waals surface area contributed by atoms with E-state index < -0.39 is 46.8 Å². The lowest BCUT2D eigenvalue weighted by Crippen LogP contribution is -2.46. The summed E-state index contributed by atoms with van der Waals surface area (Å²) in [7, 11) is 0. The Hall–Kier alpha value is -3.36. The molecule has 0 saturated carbocycles. The Morgan fingerprint density at radius 1 is 1.04 bits per heavy atom. The van der Waals surface area contributed by atoms with E-state index in [4.69, 9.17) is 10.8 Å². The number of nitrogens with one attached hydrogen (secondary N) is 1. The number of rotatable bonds is 6. The molecule has 0 fully saturated rings. The molecule has 1 atom stereocenters. The number of primary amides is 1. The Kier molecular flexibility index (Phi) is 5.61. The fraction of sp³-hybridized carbons (Fsp3) is 0.118. The molecule has 0 aliphatic heterocycles. The highest BCUT2D eigenvalue weighted by Crippen LogP contribution is 2.15. The van der Waals surface area contributed by atoms with E-state index in [0.717, 1.165) is 0 Å². The molecule has 0 bridgehead atoms. The van der Waals surface area contributed by atoms with Gasteiger partial charge in [0.15, 0.2) is 0 Å². The SMILES string of the molecule is NC(=O)[C@@H](Cc1ccc(C(=O)O)cc1)NC(=O)c1c(F)cc(F)cc1F. The van der Waals surface area contributed by atoms with Gasteiger partial charge in [-0.3, -0.25) is 9.59 Å². The van der Waals surface area contributed by atoms with Gasteiger partial charge in [0.1, 0.15) is 29.1 Å². The largest absolute Gasteiger partial charge is 0.478 e. The van der Waals surface area contributed by atoms with Crippen LogP contribution in [0.15, 0.2) is 36.4 Å². The van der Waals surface area contributed by atoms with Gasteiger partial charge in [-0.1, -0.05) is 12.1 Å². The van der Waals surface area contributed by atoms with Crippen molar-refractivity contribution in [3.8, 4) is 0 Å². The average Bonchev–Trinajstić information content (AvgIpc) is 2.53. The zero-order valence-corrected chi connectivity index (χ0v) is 13.1. The van der Waals surface area contributed by atoms with Crippen LogP contribution in [0.1, 0.15) is 26.3 Å². The van der Waals surface area contributed by atoms with Crippen molar-refractivity contribution in [2.45, 2.75) is 12.5 Å². The maximum absolute atomic E-state index is 13.6. The van der Waals surface area contributed by atoms with Crippen LogP contribution in [0, 0.1) is 17.5 Å². The molecular formula is C17H13F3N2O4. The number of carboxylic acid groups (broad SMARTS) is 1. The molecule has 136 valence electrons. The summed E-state index contributed by atoms with van der Waals surface area (Å²) in [5.74, 6) is -7.42. The van der Waals surface area contributed by atoms with Crippen LogP contribution in [0.3, 0.4) is 0 Å². The summed E-state index contributed by atoms with van der Waals surface area (Å²) in [5.41, 5.74) is 4.63. The second-order valence-corrected chi connectivity index (χ2v) is 5.38. The zero-order valence-electron chi connectivity index (χ0n) is 13.1. The smallest absolute Gasteiger partial charge is 0.335 e. The van der Waals surface area contributed by atoms with E-state index in [2.05, 4.69) is 5.32 Å². The van der Waals surface area contributed by atoms with Gasteiger partial charge >= 0.3 is 5.97 Å². The summed E-state index contributed by atoms with van der Waals surface area (Å²) >= 11 is 0. The number of carbonyl (C=O) groups is 3. The van der Waals surface area contributed by atoms with Crippen LogP contribution in [0.4, 0.5) is 13.2 Å². The van der Waals surface area contributed by atoms with E-state index >= 15 is 0 Å². The predicted molar refractivity (Wildman–Crippen MR) is 83.9 cm³/mol. The summed E-state index contributed by atoms with van der Waals surface area (Å²) in [6.07, 6.45) is -0.134. The first kappa shape index (κ1) is 19.0. The highest BCUT2D eigenvalue weighted by atomic mass is 19.1. The Morgan fingerprint density at radius 3 is 2.04 bits per heavy atom. The summed E-state index contributed by atoms with van der Waals surface area (Å²) in [4.78, 5) is 34.4. The number of amides is 2. The van der Waals surface area contributed by atoms with E-state index in [1.807, 2.05) is 0 Å². The van der Waals surface area contributed by atoms with Crippen molar-refractivity contribution in [2.24, 2.45) is 5.73 Å². The molecule has 9 heteroatoms. The summed E-state index contributed by atoms with van der Waals surface area (Å²) in [6.45, 7) is 0. The molecule has 0 unspecified atom stereocenters. The molecule has 26 heavy (non-hydrogen) atoms. The Morgan fingerprint density at radius 2 is 1.58 bits per heavy atom. The summed E-state index contributed by atoms with van der Waals surface area (Å²) in [6, 6.07) is 4.74. The van der Waals surface area contributed by atoms with Crippen molar-refractivity contribution in [3.05, 3.63) is 70.5 Å². The summed E-state index contributed by atoms with van der Waals surface area (Å²) in [5, 5.41) is 10.9. The molecule has 0 aliphatic carbocycles. The van der Waals surface area contributed by atoms with Crippen molar-refractivity contribution in [2.75, 3.05) is 0 Å². The molecule has 4 N–H and O–H groups in total. The van der Waals surface area contributed by atoms with Gasteiger partial charge in [0.05, 0.1) is 5.56 Å². The molecule has 0 aromatic heterocycles. The molecule has 0 spiro atoms. The van der Waals surface area contributed by atoms with E-state index in [0.29, 0.717) is 17.7 Å². The number of nitrogens with two attached hydrogens (primary N) is 1. The van der Waals surface area contributed by atoms with Crippen LogP contribution in [0.25, 0.3) is 0 Å². The second kappa shape index (κ2) is 7.68. The maximum Gasteiger partial charge on any atom is 0.335 e. The number of carbonyl (C=O) groups excluding carboxylic acids is 2. The standard InChI is InChI=1S/C17H13F3N2O4/c18-10-6-11(19)14(12(20)7-10)16(24)22-13(15(21)23)5-8-1-3-9(4-2-8)17(25)26/h1-4,6-7,13H,5H2,(H2,21,23)(H,22,24)(H,25,26)/t13-/m1/s1. The van der Waals surface area contributed by atoms with Gasteiger partial charge in [0.25, 0.3) is 5.91 Å². The first-order valence-electron chi connectivity index (χ1n) is 7.26. The number of aromatic carboxylic acids is 1. The quantitative estimate of drug-likeness (QED) is 0.722. The van der Waals surface area contributed by atoms with E-state index in [-0.39, 0.29) is 12.0 Å². The van der Waals surface area contributed by atoms with Crippen LogP contribution in [-0.2, 0) is 11.2 Å². The van der Waals surface area contributed by atoms with Crippen LogP contribution in [0.2, 0.25) is 0 Å². The van der Waals surface area contributed by atoms with E-state index in [1.165, 1.54) is 24.3 Å². The fourth-order valence-corrected chi connectivity index (χ4v) is 2.23. The molecule has 0 heterocycles. The lowest BCUT2D eigenvalue weighted by atomic mass is 10.0. The molecule has 0 saturated heterocycles. The highest BCUT2D eigenvalue weighted by molar-refractivity contribution is 5.97. The zero-order chi connectivity index (χ0) is 19.4. The molecule has 2 amide bonds. The Balaban J connectivity index is 2.19. The van der Waals surface area contributed by atoms with Crippen molar-refractivity contribution in [3.63, 3.8) is 0 Å². The van der Waals surface area contributed by atoms with Gasteiger partial charge in [-0.05, 0) is 17.7 Å². The number of carboxylic acids is 1. The van der Waals surface area contributed by atoms with Gasteiger partial charge in [-0.2, -0.15) is 0 Å². The van der Waals surface area contributed by atoms with Crippen LogP contribution in [0.5, 0.6) is 0 Å². The third-order valence-corrected chi connectivity index (χ3v) is 3.52. The monoisotopic (exact) mass is 366 g/mol. The van der Waals surface area contributed by atoms with Crippen LogP contribution >= 0.6 is 0 Å². The molecule has 6 nitrogen and oxygen atoms in total. The van der Waals surface area contributed by atoms with Crippen LogP contribution in [-0.4, -0.2) is 28.9 Å². The van der Waals surface area contributed by atoms with E-state index in [9.17, 15) is 27.6 Å². The first-order chi connectivity index (χ1) is 12.2. The van der Waals surface area contributed by atoms with Gasteiger partial charge in [-0.25, -0.2) is 18.0 Å². The van der Waals surface area contributed by atoms with Crippen molar-refractivity contribution in [1.29, 1.82) is 0 Å². The minimum Gasteiger partial charge on any atom is -0.478 e. The average molecular weight is 366 g/mol. The predicted octanol–water partition coefficient (Wildman–Crippen LogP) is 1.63.